The molecule has 0 saturated heterocycles. The number of hydrogen-bond donors (Lipinski definition) is 0. The maximum atomic E-state index is 10.4. The van der Waals surface area contributed by atoms with Crippen LogP contribution in [-0.4, -0.2) is 19.5 Å². The van der Waals surface area contributed by atoms with E-state index >= 15 is 0 Å². The van der Waals surface area contributed by atoms with Gasteiger partial charge in [-0.05, 0) is 37.3 Å². The molecule has 5 nitrogen and oxygen atoms in total. The van der Waals surface area contributed by atoms with Crippen LogP contribution in [0.15, 0.2) is 87.6 Å². The van der Waals surface area contributed by atoms with Crippen molar-refractivity contribution >= 4 is 55.2 Å². The van der Waals surface area contributed by atoms with E-state index in [4.69, 9.17) is 0 Å². The summed E-state index contributed by atoms with van der Waals surface area (Å²) in [5.41, 5.74) is 3.64. The number of rotatable bonds is 1. The highest BCUT2D eigenvalue weighted by Gasteiger charge is 2.31. The van der Waals surface area contributed by atoms with Gasteiger partial charge in [0.1, 0.15) is 14.8 Å². The predicted octanol–water partition coefficient (Wildman–Crippen LogP) is 5.01. The largest absolute Gasteiger partial charge is 0.744 e. The molecule has 0 radical (unpaired) electrons. The molecule has 8 heteroatoms. The number of thioether (sulfide) groups is 1. The van der Waals surface area contributed by atoms with E-state index in [1.165, 1.54) is 43.0 Å². The van der Waals surface area contributed by atoms with E-state index in [1.54, 1.807) is 12.1 Å². The Hall–Kier alpha value is -2.65. The summed E-state index contributed by atoms with van der Waals surface area (Å²) in [5.74, 6) is 0. The molecule has 0 amide bonds. The first-order valence-corrected chi connectivity index (χ1v) is 13.1. The average molecular weight is 481 g/mol. The minimum Gasteiger partial charge on any atom is -0.744 e. The molecule has 0 bridgehead atoms. The van der Waals surface area contributed by atoms with Gasteiger partial charge in [-0.15, -0.1) is 0 Å². The van der Waals surface area contributed by atoms with E-state index in [2.05, 4.69) is 64.1 Å². The van der Waals surface area contributed by atoms with Gasteiger partial charge in [0.2, 0.25) is 5.52 Å². The second-order valence-electron chi connectivity index (χ2n) is 7.53. The Morgan fingerprint density at radius 2 is 1.69 bits per heavy atom. The van der Waals surface area contributed by atoms with Crippen LogP contribution in [0.2, 0.25) is 0 Å². The first kappa shape index (κ1) is 21.2. The zero-order valence-corrected chi connectivity index (χ0v) is 19.7. The van der Waals surface area contributed by atoms with Crippen LogP contribution >= 0.6 is 23.1 Å². The normalized spacial score (nSPS) is 14.6. The third-order valence-electron chi connectivity index (χ3n) is 5.38. The standard InChI is InChI=1S/C17H13N2S2.C7H8O3S/c1-3-7-14-12(5-1)18-9-10-19-13-6-2-4-8-15(13)21-17(19)11-16(18)20-14;1-6-2-4-7(5-3-6)11(8,9)10/h1-8,11H,9-10H2;2-5H,1H3,(H,8,9,10)/q+1;/p-1. The monoisotopic (exact) mass is 480 g/mol. The molecule has 0 unspecified atom stereocenters. The molecular weight excluding hydrogens is 460 g/mol. The lowest BCUT2D eigenvalue weighted by molar-refractivity contribution is -0.665. The van der Waals surface area contributed by atoms with Crippen molar-refractivity contribution < 1.29 is 17.5 Å². The summed E-state index contributed by atoms with van der Waals surface area (Å²) in [5, 5.41) is 2.71. The molecule has 1 aromatic heterocycles. The quantitative estimate of drug-likeness (QED) is 0.283. The number of fused-ring (bicyclic) bond motifs is 6. The van der Waals surface area contributed by atoms with Gasteiger partial charge >= 0.3 is 0 Å². The SMILES string of the molecule is C1=C2Sc3ccccc3N2CC[n+]2c1sc1ccccc12.Cc1ccc(S(=O)(=O)[O-])cc1. The lowest BCUT2D eigenvalue weighted by Gasteiger charge is -2.16. The Labute approximate surface area is 195 Å². The number of hydrogen-bond acceptors (Lipinski definition) is 6. The topological polar surface area (TPSA) is 64.3 Å². The Morgan fingerprint density at radius 3 is 2.47 bits per heavy atom. The van der Waals surface area contributed by atoms with Crippen molar-refractivity contribution in [2.24, 2.45) is 0 Å². The Kier molecular flexibility index (Phi) is 5.54. The van der Waals surface area contributed by atoms with Crippen molar-refractivity contribution in [2.45, 2.75) is 23.3 Å². The summed E-state index contributed by atoms with van der Waals surface area (Å²) in [4.78, 5) is 3.65. The summed E-state index contributed by atoms with van der Waals surface area (Å²) in [7, 11) is -4.27. The van der Waals surface area contributed by atoms with Gasteiger partial charge in [0.25, 0.3) is 5.01 Å². The van der Waals surface area contributed by atoms with Gasteiger partial charge in [-0.2, -0.15) is 4.57 Å². The Bertz CT molecular complexity index is 1440. The van der Waals surface area contributed by atoms with E-state index in [0.29, 0.717) is 0 Å². The first-order chi connectivity index (χ1) is 15.4. The van der Waals surface area contributed by atoms with Crippen LogP contribution in [0.25, 0.3) is 16.3 Å². The molecule has 162 valence electrons. The maximum absolute atomic E-state index is 10.4. The van der Waals surface area contributed by atoms with Crippen LogP contribution in [0.5, 0.6) is 0 Å². The van der Waals surface area contributed by atoms with Crippen LogP contribution in [0, 0.1) is 6.92 Å². The minimum absolute atomic E-state index is 0.178. The van der Waals surface area contributed by atoms with E-state index in [0.717, 1.165) is 18.7 Å². The Balaban J connectivity index is 0.000000168. The summed E-state index contributed by atoms with van der Waals surface area (Å²) in [6.07, 6.45) is 2.35. The molecule has 0 spiro atoms. The minimum atomic E-state index is -4.27. The third-order valence-corrected chi connectivity index (χ3v) is 8.45. The Morgan fingerprint density at radius 1 is 0.969 bits per heavy atom. The average Bonchev–Trinajstić information content (AvgIpc) is 3.24. The molecule has 6 rings (SSSR count). The summed E-state index contributed by atoms with van der Waals surface area (Å²) < 4.78 is 35.0. The van der Waals surface area contributed by atoms with Gasteiger partial charge in [0.05, 0.1) is 28.2 Å². The van der Waals surface area contributed by atoms with Crippen molar-refractivity contribution in [3.8, 4) is 0 Å². The molecule has 2 aliphatic heterocycles. The van der Waals surface area contributed by atoms with Crippen LogP contribution in [-0.2, 0) is 16.7 Å². The zero-order chi connectivity index (χ0) is 22.3. The molecule has 0 aliphatic carbocycles. The fourth-order valence-corrected chi connectivity index (χ4v) is 6.59. The molecule has 3 aromatic carbocycles. The summed E-state index contributed by atoms with van der Waals surface area (Å²) in [6, 6.07) is 23.2. The fraction of sp³-hybridized carbons (Fsp3) is 0.125. The van der Waals surface area contributed by atoms with Gasteiger partial charge < -0.3 is 9.45 Å². The van der Waals surface area contributed by atoms with E-state index < -0.39 is 10.1 Å². The van der Waals surface area contributed by atoms with Crippen molar-refractivity contribution in [3.05, 3.63) is 88.4 Å². The number of aryl methyl sites for hydroxylation is 1. The molecule has 4 aromatic rings. The molecule has 3 heterocycles. The van der Waals surface area contributed by atoms with Crippen molar-refractivity contribution in [2.75, 3.05) is 11.4 Å². The number of nitrogens with zero attached hydrogens (tertiary/aromatic N) is 2. The highest BCUT2D eigenvalue weighted by molar-refractivity contribution is 8.03. The second kappa shape index (κ2) is 8.37. The molecule has 2 aliphatic rings. The van der Waals surface area contributed by atoms with Crippen LogP contribution < -0.4 is 9.47 Å². The van der Waals surface area contributed by atoms with E-state index in [1.807, 2.05) is 30.0 Å². The second-order valence-corrected chi connectivity index (χ2v) is 11.0. The molecule has 0 saturated carbocycles. The zero-order valence-electron chi connectivity index (χ0n) is 17.3. The fourth-order valence-electron chi connectivity index (χ4n) is 3.79. The van der Waals surface area contributed by atoms with Gasteiger partial charge in [-0.25, -0.2) is 8.42 Å². The number of para-hydroxylation sites is 2. The summed E-state index contributed by atoms with van der Waals surface area (Å²) in [6.45, 7) is 3.89. The summed E-state index contributed by atoms with van der Waals surface area (Å²) >= 11 is 3.77. The first-order valence-electron chi connectivity index (χ1n) is 10.1. The van der Waals surface area contributed by atoms with Gasteiger partial charge in [0, 0.05) is 11.0 Å². The number of anilines is 1. The van der Waals surface area contributed by atoms with E-state index in [-0.39, 0.29) is 4.90 Å². The number of aromatic nitrogens is 1. The molecule has 0 N–H and O–H groups in total. The van der Waals surface area contributed by atoms with Crippen molar-refractivity contribution in [1.29, 1.82) is 0 Å². The molecule has 0 fully saturated rings. The van der Waals surface area contributed by atoms with Gasteiger partial charge in [-0.1, -0.05) is 65.1 Å². The highest BCUT2D eigenvalue weighted by Crippen LogP contribution is 2.47. The predicted molar refractivity (Wildman–Crippen MR) is 129 cm³/mol. The van der Waals surface area contributed by atoms with Gasteiger partial charge in [0.15, 0.2) is 6.54 Å². The van der Waals surface area contributed by atoms with Crippen molar-refractivity contribution in [1.82, 2.24) is 0 Å². The number of benzene rings is 3. The van der Waals surface area contributed by atoms with E-state index in [9.17, 15) is 13.0 Å². The molecular formula is C24H20N2O3S3. The smallest absolute Gasteiger partial charge is 0.265 e. The lowest BCUT2D eigenvalue weighted by Crippen LogP contribution is -2.38. The van der Waals surface area contributed by atoms with Gasteiger partial charge in [-0.3, -0.25) is 0 Å². The van der Waals surface area contributed by atoms with Crippen LogP contribution in [0.4, 0.5) is 5.69 Å². The lowest BCUT2D eigenvalue weighted by atomic mass is 10.2. The highest BCUT2D eigenvalue weighted by atomic mass is 32.2. The molecule has 32 heavy (non-hydrogen) atoms. The van der Waals surface area contributed by atoms with Crippen LogP contribution in [0.3, 0.4) is 0 Å². The third kappa shape index (κ3) is 4.06. The molecule has 0 atom stereocenters. The van der Waals surface area contributed by atoms with Crippen LogP contribution in [0.1, 0.15) is 10.6 Å². The maximum Gasteiger partial charge on any atom is 0.265 e. The number of thiazole rings is 1. The van der Waals surface area contributed by atoms with Crippen molar-refractivity contribution in [3.63, 3.8) is 0 Å².